The highest BCUT2D eigenvalue weighted by Gasteiger charge is 2.44. The van der Waals surface area contributed by atoms with Gasteiger partial charge in [-0.25, -0.2) is 4.98 Å². The number of pyridine rings is 1. The summed E-state index contributed by atoms with van der Waals surface area (Å²) in [5.74, 6) is 0. The number of benzene rings is 1. The van der Waals surface area contributed by atoms with Crippen LogP contribution in [0, 0.1) is 0 Å². The van der Waals surface area contributed by atoms with E-state index in [1.165, 1.54) is 29.5 Å². The Balaban J connectivity index is 2.11. The first kappa shape index (κ1) is 16.4. The van der Waals surface area contributed by atoms with E-state index in [1.807, 2.05) is 0 Å². The summed E-state index contributed by atoms with van der Waals surface area (Å²) in [6.45, 7) is 6.75. The molecule has 1 aromatic carbocycles. The van der Waals surface area contributed by atoms with Crippen LogP contribution < -0.4 is 0 Å². The van der Waals surface area contributed by atoms with Crippen LogP contribution in [-0.4, -0.2) is 4.98 Å². The molecule has 0 N–H and O–H groups in total. The van der Waals surface area contributed by atoms with Crippen molar-refractivity contribution in [2.24, 2.45) is 0 Å². The normalized spacial score (nSPS) is 19.2. The molecule has 0 amide bonds. The Labute approximate surface area is 140 Å². The van der Waals surface area contributed by atoms with Gasteiger partial charge in [0.2, 0.25) is 0 Å². The maximum Gasteiger partial charge on any atom is 0.111 e. The minimum absolute atomic E-state index is 0.165. The maximum absolute atomic E-state index is 6.71. The monoisotopic (exact) mass is 311 g/mol. The molecule has 0 fully saturated rings. The van der Waals surface area contributed by atoms with Gasteiger partial charge in [-0.1, -0.05) is 64.7 Å². The van der Waals surface area contributed by atoms with Crippen molar-refractivity contribution in [3.63, 3.8) is 0 Å². The molecule has 0 aliphatic carbocycles. The summed E-state index contributed by atoms with van der Waals surface area (Å²) in [6, 6.07) is 10.8. The van der Waals surface area contributed by atoms with Gasteiger partial charge in [0.05, 0.1) is 17.3 Å². The zero-order valence-corrected chi connectivity index (χ0v) is 14.8. The first-order valence-electron chi connectivity index (χ1n) is 9.32. The lowest BCUT2D eigenvalue weighted by Gasteiger charge is -2.29. The first-order valence-corrected chi connectivity index (χ1v) is 9.32. The fraction of sp³-hybridized carbons (Fsp3) is 0.571. The maximum atomic E-state index is 6.71. The molecule has 124 valence electrons. The molecule has 0 saturated carbocycles. The molecule has 3 rings (SSSR count). The second-order valence-electron chi connectivity index (χ2n) is 6.86. The van der Waals surface area contributed by atoms with Crippen LogP contribution in [0.1, 0.15) is 83.1 Å². The minimum Gasteiger partial charge on any atom is -0.361 e. The van der Waals surface area contributed by atoms with Crippen molar-refractivity contribution in [2.45, 2.75) is 77.4 Å². The molecule has 1 aromatic heterocycles. The van der Waals surface area contributed by atoms with E-state index in [2.05, 4.69) is 51.1 Å². The quantitative estimate of drug-likeness (QED) is 0.599. The van der Waals surface area contributed by atoms with E-state index < -0.39 is 0 Å². The first-order chi connectivity index (χ1) is 11.2. The van der Waals surface area contributed by atoms with Crippen molar-refractivity contribution in [1.29, 1.82) is 0 Å². The summed E-state index contributed by atoms with van der Waals surface area (Å²) < 4.78 is 6.71. The topological polar surface area (TPSA) is 22.1 Å². The van der Waals surface area contributed by atoms with Crippen LogP contribution in [0.15, 0.2) is 30.3 Å². The van der Waals surface area contributed by atoms with Crippen LogP contribution in [0.5, 0.6) is 0 Å². The van der Waals surface area contributed by atoms with Crippen LogP contribution in [0.25, 0.3) is 10.9 Å². The van der Waals surface area contributed by atoms with Crippen molar-refractivity contribution < 1.29 is 4.74 Å². The smallest absolute Gasteiger partial charge is 0.111 e. The number of ether oxygens (including phenoxy) is 1. The van der Waals surface area contributed by atoms with E-state index in [4.69, 9.17) is 9.72 Å². The van der Waals surface area contributed by atoms with Crippen molar-refractivity contribution in [2.75, 3.05) is 0 Å². The Morgan fingerprint density at radius 3 is 2.48 bits per heavy atom. The van der Waals surface area contributed by atoms with Crippen LogP contribution >= 0.6 is 0 Å². The average Bonchev–Trinajstić information content (AvgIpc) is 2.85. The Morgan fingerprint density at radius 1 is 1.04 bits per heavy atom. The lowest BCUT2D eigenvalue weighted by Crippen LogP contribution is -2.26. The van der Waals surface area contributed by atoms with E-state index in [0.717, 1.165) is 37.6 Å². The lowest BCUT2D eigenvalue weighted by atomic mass is 9.87. The molecule has 2 heterocycles. The van der Waals surface area contributed by atoms with Crippen molar-refractivity contribution >= 4 is 10.9 Å². The zero-order chi connectivity index (χ0) is 16.3. The third-order valence-corrected chi connectivity index (χ3v) is 5.03. The molecule has 1 aliphatic rings. The van der Waals surface area contributed by atoms with E-state index in [9.17, 15) is 0 Å². The highest BCUT2D eigenvalue weighted by molar-refractivity contribution is 5.80. The zero-order valence-electron chi connectivity index (χ0n) is 14.8. The third kappa shape index (κ3) is 3.01. The van der Waals surface area contributed by atoms with Gasteiger partial charge >= 0.3 is 0 Å². The predicted octanol–water partition coefficient (Wildman–Crippen LogP) is 6.29. The van der Waals surface area contributed by atoms with E-state index in [1.54, 1.807) is 0 Å². The van der Waals surface area contributed by atoms with Crippen molar-refractivity contribution in [1.82, 2.24) is 4.98 Å². The number of rotatable bonds is 7. The molecule has 1 atom stereocenters. The third-order valence-electron chi connectivity index (χ3n) is 5.03. The molecule has 2 nitrogen and oxygen atoms in total. The van der Waals surface area contributed by atoms with Gasteiger partial charge in [0.25, 0.3) is 0 Å². The molecule has 1 unspecified atom stereocenters. The molecule has 23 heavy (non-hydrogen) atoms. The van der Waals surface area contributed by atoms with Gasteiger partial charge in [0.1, 0.15) is 5.60 Å². The predicted molar refractivity (Wildman–Crippen MR) is 96.6 cm³/mol. The molecular formula is C21H29NO. The van der Waals surface area contributed by atoms with Gasteiger partial charge in [-0.3, -0.25) is 0 Å². The molecule has 0 saturated heterocycles. The molecule has 1 aliphatic heterocycles. The molecule has 0 bridgehead atoms. The summed E-state index contributed by atoms with van der Waals surface area (Å²) in [5, 5.41) is 1.24. The highest BCUT2D eigenvalue weighted by atomic mass is 16.5. The summed E-state index contributed by atoms with van der Waals surface area (Å²) >= 11 is 0. The molecule has 2 aromatic rings. The van der Waals surface area contributed by atoms with Crippen molar-refractivity contribution in [3.05, 3.63) is 41.6 Å². The summed E-state index contributed by atoms with van der Waals surface area (Å²) in [7, 11) is 0. The lowest BCUT2D eigenvalue weighted by molar-refractivity contribution is -0.0931. The van der Waals surface area contributed by atoms with Crippen LogP contribution in [0.3, 0.4) is 0 Å². The fourth-order valence-corrected chi connectivity index (χ4v) is 4.03. The average molecular weight is 311 g/mol. The largest absolute Gasteiger partial charge is 0.361 e. The molecule has 0 radical (unpaired) electrons. The summed E-state index contributed by atoms with van der Waals surface area (Å²) in [5.41, 5.74) is 3.50. The molecule has 2 heteroatoms. The van der Waals surface area contributed by atoms with Crippen LogP contribution in [0.2, 0.25) is 0 Å². The standard InChI is InChI=1S/C21H29NO/c1-4-7-12-19-17-15-16-10-8-9-11-18(16)22-20(17)21(23-19,13-5-2)14-6-3/h8-11,15,19H,4-7,12-14H2,1-3H3. The van der Waals surface area contributed by atoms with E-state index in [0.29, 0.717) is 0 Å². The Bertz CT molecular complexity index is 658. The number of aromatic nitrogens is 1. The van der Waals surface area contributed by atoms with Gasteiger partial charge in [-0.05, 0) is 31.4 Å². The van der Waals surface area contributed by atoms with Gasteiger partial charge in [0, 0.05) is 10.9 Å². The number of nitrogens with zero attached hydrogens (tertiary/aromatic N) is 1. The fourth-order valence-electron chi connectivity index (χ4n) is 4.03. The SMILES string of the molecule is CCCCC1OC(CCC)(CCC)c2nc3ccccc3cc21. The summed E-state index contributed by atoms with van der Waals surface area (Å²) in [6.07, 6.45) is 8.17. The Hall–Kier alpha value is -1.41. The second kappa shape index (κ2) is 7.00. The van der Waals surface area contributed by atoms with Gasteiger partial charge < -0.3 is 4.74 Å². The minimum atomic E-state index is -0.165. The van der Waals surface area contributed by atoms with Gasteiger partial charge in [-0.15, -0.1) is 0 Å². The van der Waals surface area contributed by atoms with Crippen molar-refractivity contribution in [3.8, 4) is 0 Å². The number of hydrogen-bond acceptors (Lipinski definition) is 2. The number of para-hydroxylation sites is 1. The summed E-state index contributed by atoms with van der Waals surface area (Å²) in [4.78, 5) is 5.08. The second-order valence-corrected chi connectivity index (χ2v) is 6.86. The Kier molecular flexibility index (Phi) is 5.01. The molecule has 0 spiro atoms. The number of fused-ring (bicyclic) bond motifs is 2. The van der Waals surface area contributed by atoms with Gasteiger partial charge in [0.15, 0.2) is 0 Å². The highest BCUT2D eigenvalue weighted by Crippen LogP contribution is 2.50. The van der Waals surface area contributed by atoms with Crippen LogP contribution in [-0.2, 0) is 10.3 Å². The molecular weight excluding hydrogens is 282 g/mol. The van der Waals surface area contributed by atoms with E-state index in [-0.39, 0.29) is 11.7 Å². The van der Waals surface area contributed by atoms with Gasteiger partial charge in [-0.2, -0.15) is 0 Å². The Morgan fingerprint density at radius 2 is 1.78 bits per heavy atom. The van der Waals surface area contributed by atoms with E-state index >= 15 is 0 Å². The number of hydrogen-bond donors (Lipinski definition) is 0. The number of unbranched alkanes of at least 4 members (excludes halogenated alkanes) is 1. The van der Waals surface area contributed by atoms with Crippen LogP contribution in [0.4, 0.5) is 0 Å².